The molecule has 1 N–H and O–H groups in total. The number of nitrogens with zero attached hydrogens (tertiary/aromatic N) is 5. The van der Waals surface area contributed by atoms with Crippen LogP contribution in [0.15, 0.2) is 42.6 Å². The second-order valence-corrected chi connectivity index (χ2v) is 11.4. The van der Waals surface area contributed by atoms with Gasteiger partial charge in [0.2, 0.25) is 0 Å². The van der Waals surface area contributed by atoms with Crippen molar-refractivity contribution in [2.75, 3.05) is 44.4 Å². The van der Waals surface area contributed by atoms with E-state index in [1.54, 1.807) is 18.3 Å². The van der Waals surface area contributed by atoms with Crippen LogP contribution in [0.25, 0.3) is 32.9 Å². The third kappa shape index (κ3) is 4.32. The number of phenols is 1. The van der Waals surface area contributed by atoms with E-state index in [2.05, 4.69) is 26.7 Å². The standard InChI is InChI=1S/C31H34FN5O3/c1-20-18-39-14-6-13-37(20)29-25-17-33-27(24-16-22(38)15-21-7-2-3-8-23(21)24)26(32)28(25)34-30(35-29)40-19-31-9-4-11-36(31)12-5-10-31/h2-3,7-8,15-17,20,38H,4-6,9-14,18-19H2,1H3. The van der Waals surface area contributed by atoms with Crippen LogP contribution in [0.4, 0.5) is 10.2 Å². The van der Waals surface area contributed by atoms with Crippen molar-refractivity contribution in [2.45, 2.75) is 50.6 Å². The Kier molecular flexibility index (Phi) is 6.43. The number of benzene rings is 2. The van der Waals surface area contributed by atoms with Gasteiger partial charge in [-0.3, -0.25) is 9.88 Å². The van der Waals surface area contributed by atoms with Crippen LogP contribution in [-0.2, 0) is 4.74 Å². The molecule has 2 aromatic carbocycles. The minimum atomic E-state index is -0.554. The van der Waals surface area contributed by atoms with Gasteiger partial charge in [0.25, 0.3) is 0 Å². The zero-order chi connectivity index (χ0) is 27.3. The average molecular weight is 544 g/mol. The molecule has 40 heavy (non-hydrogen) atoms. The van der Waals surface area contributed by atoms with E-state index >= 15 is 4.39 Å². The lowest BCUT2D eigenvalue weighted by molar-refractivity contribution is 0.108. The number of phenolic OH excluding ortho intramolecular Hbond substituents is 1. The van der Waals surface area contributed by atoms with Crippen LogP contribution < -0.4 is 9.64 Å². The van der Waals surface area contributed by atoms with Crippen molar-refractivity contribution in [1.29, 1.82) is 0 Å². The number of aromatic hydroxyl groups is 1. The van der Waals surface area contributed by atoms with Crippen LogP contribution in [0.1, 0.15) is 39.0 Å². The normalized spacial score (nSPS) is 21.1. The molecule has 2 aromatic heterocycles. The smallest absolute Gasteiger partial charge is 0.319 e. The molecule has 3 aliphatic rings. The Labute approximate surface area is 232 Å². The van der Waals surface area contributed by atoms with E-state index in [0.29, 0.717) is 36.6 Å². The summed E-state index contributed by atoms with van der Waals surface area (Å²) < 4.78 is 28.7. The first-order valence-electron chi connectivity index (χ1n) is 14.3. The minimum absolute atomic E-state index is 0.0185. The van der Waals surface area contributed by atoms with Gasteiger partial charge in [-0.1, -0.05) is 24.3 Å². The molecule has 7 rings (SSSR count). The Morgan fingerprint density at radius 2 is 1.90 bits per heavy atom. The Morgan fingerprint density at radius 3 is 2.75 bits per heavy atom. The van der Waals surface area contributed by atoms with Gasteiger partial charge < -0.3 is 19.5 Å². The second-order valence-electron chi connectivity index (χ2n) is 11.4. The number of rotatable bonds is 5. The lowest BCUT2D eigenvalue weighted by Gasteiger charge is -2.32. The third-order valence-electron chi connectivity index (χ3n) is 8.88. The van der Waals surface area contributed by atoms with Gasteiger partial charge in [0.05, 0.1) is 23.6 Å². The average Bonchev–Trinajstić information content (AvgIpc) is 3.47. The molecule has 0 amide bonds. The van der Waals surface area contributed by atoms with Crippen molar-refractivity contribution < 1.29 is 19.0 Å². The number of pyridine rings is 1. The monoisotopic (exact) mass is 543 g/mol. The van der Waals surface area contributed by atoms with Crippen LogP contribution in [0.3, 0.4) is 0 Å². The first-order chi connectivity index (χ1) is 19.5. The number of fused-ring (bicyclic) bond motifs is 3. The largest absolute Gasteiger partial charge is 0.508 e. The summed E-state index contributed by atoms with van der Waals surface area (Å²) in [7, 11) is 0. The van der Waals surface area contributed by atoms with Gasteiger partial charge in [0.15, 0.2) is 5.82 Å². The van der Waals surface area contributed by atoms with Gasteiger partial charge in [-0.15, -0.1) is 0 Å². The molecule has 0 bridgehead atoms. The predicted octanol–water partition coefficient (Wildman–Crippen LogP) is 5.31. The highest BCUT2D eigenvalue weighted by molar-refractivity contribution is 5.99. The number of hydrogen-bond acceptors (Lipinski definition) is 8. The fourth-order valence-electron chi connectivity index (χ4n) is 6.86. The first-order valence-corrected chi connectivity index (χ1v) is 14.3. The van der Waals surface area contributed by atoms with E-state index in [9.17, 15) is 5.11 Å². The fourth-order valence-corrected chi connectivity index (χ4v) is 6.86. The number of halogens is 1. The van der Waals surface area contributed by atoms with Crippen molar-refractivity contribution in [3.63, 3.8) is 0 Å². The molecule has 9 heteroatoms. The second kappa shape index (κ2) is 10.1. The summed E-state index contributed by atoms with van der Waals surface area (Å²) >= 11 is 0. The van der Waals surface area contributed by atoms with Crippen molar-refractivity contribution in [1.82, 2.24) is 19.9 Å². The van der Waals surface area contributed by atoms with E-state index in [1.165, 1.54) is 12.8 Å². The summed E-state index contributed by atoms with van der Waals surface area (Å²) in [5.74, 6) is 0.114. The molecule has 8 nitrogen and oxygen atoms in total. The maximum Gasteiger partial charge on any atom is 0.319 e. The molecule has 0 radical (unpaired) electrons. The van der Waals surface area contributed by atoms with Gasteiger partial charge in [0.1, 0.15) is 29.4 Å². The van der Waals surface area contributed by atoms with E-state index < -0.39 is 5.82 Å². The van der Waals surface area contributed by atoms with Crippen molar-refractivity contribution in [3.05, 3.63) is 48.4 Å². The fraction of sp³-hybridized carbons (Fsp3) is 0.452. The lowest BCUT2D eigenvalue weighted by Crippen LogP contribution is -2.43. The van der Waals surface area contributed by atoms with Crippen LogP contribution in [0, 0.1) is 5.82 Å². The van der Waals surface area contributed by atoms with Gasteiger partial charge in [-0.2, -0.15) is 9.97 Å². The SMILES string of the molecule is CC1COCCCN1c1nc(OCC23CCCN2CCC3)nc2c(F)c(-c3cc(O)cc4ccccc34)ncc12. The van der Waals surface area contributed by atoms with Gasteiger partial charge in [-0.25, -0.2) is 4.39 Å². The van der Waals surface area contributed by atoms with Crippen molar-refractivity contribution >= 4 is 27.5 Å². The van der Waals surface area contributed by atoms with Gasteiger partial charge in [0, 0.05) is 24.9 Å². The summed E-state index contributed by atoms with van der Waals surface area (Å²) in [5.41, 5.74) is 0.839. The Balaban J connectivity index is 1.37. The molecule has 208 valence electrons. The molecular weight excluding hydrogens is 509 g/mol. The van der Waals surface area contributed by atoms with E-state index in [4.69, 9.17) is 14.5 Å². The van der Waals surface area contributed by atoms with Gasteiger partial charge >= 0.3 is 6.01 Å². The first kappa shape index (κ1) is 25.4. The molecule has 4 aromatic rings. The van der Waals surface area contributed by atoms with Crippen molar-refractivity contribution in [3.8, 4) is 23.0 Å². The molecular formula is C31H34FN5O3. The van der Waals surface area contributed by atoms with Crippen LogP contribution in [0.2, 0.25) is 0 Å². The third-order valence-corrected chi connectivity index (χ3v) is 8.88. The van der Waals surface area contributed by atoms with E-state index in [-0.39, 0.29) is 34.6 Å². The minimum Gasteiger partial charge on any atom is -0.508 e. The summed E-state index contributed by atoms with van der Waals surface area (Å²) in [4.78, 5) is 18.8. The van der Waals surface area contributed by atoms with Crippen LogP contribution >= 0.6 is 0 Å². The highest BCUT2D eigenvalue weighted by Gasteiger charge is 2.45. The summed E-state index contributed by atoms with van der Waals surface area (Å²) in [5, 5.41) is 12.6. The Morgan fingerprint density at radius 1 is 1.07 bits per heavy atom. The highest BCUT2D eigenvalue weighted by atomic mass is 19.1. The highest BCUT2D eigenvalue weighted by Crippen LogP contribution is 2.40. The van der Waals surface area contributed by atoms with Crippen molar-refractivity contribution in [2.24, 2.45) is 0 Å². The number of aromatic nitrogens is 3. The zero-order valence-electron chi connectivity index (χ0n) is 22.8. The maximum absolute atomic E-state index is 16.5. The zero-order valence-corrected chi connectivity index (χ0v) is 22.8. The maximum atomic E-state index is 16.5. The molecule has 3 fully saturated rings. The lowest BCUT2D eigenvalue weighted by atomic mass is 9.95. The summed E-state index contributed by atoms with van der Waals surface area (Å²) in [6, 6.07) is 11.0. The molecule has 1 unspecified atom stereocenters. The number of ether oxygens (including phenoxy) is 2. The van der Waals surface area contributed by atoms with E-state index in [1.807, 2.05) is 24.3 Å². The van der Waals surface area contributed by atoms with Gasteiger partial charge in [-0.05, 0) is 75.0 Å². The quantitative estimate of drug-likeness (QED) is 0.363. The van der Waals surface area contributed by atoms with Crippen LogP contribution in [-0.4, -0.2) is 76.0 Å². The Bertz CT molecular complexity index is 1570. The molecule has 0 aliphatic carbocycles. The molecule has 0 spiro atoms. The molecule has 1 atom stereocenters. The summed E-state index contributed by atoms with van der Waals surface area (Å²) in [6.45, 7) is 6.74. The predicted molar refractivity (Wildman–Crippen MR) is 152 cm³/mol. The number of anilines is 1. The summed E-state index contributed by atoms with van der Waals surface area (Å²) in [6.07, 6.45) is 7.02. The molecule has 0 saturated carbocycles. The number of hydrogen-bond donors (Lipinski definition) is 1. The molecule has 3 aliphatic heterocycles. The Hall–Kier alpha value is -3.56. The molecule has 3 saturated heterocycles. The molecule has 5 heterocycles. The van der Waals surface area contributed by atoms with Crippen LogP contribution in [0.5, 0.6) is 11.8 Å². The topological polar surface area (TPSA) is 83.8 Å². The van der Waals surface area contributed by atoms with E-state index in [0.717, 1.165) is 49.7 Å².